The predicted molar refractivity (Wildman–Crippen MR) is 119 cm³/mol. The number of rotatable bonds is 10. The third-order valence-corrected chi connectivity index (χ3v) is 5.51. The van der Waals surface area contributed by atoms with E-state index in [0.717, 1.165) is 31.2 Å². The van der Waals surface area contributed by atoms with Crippen LogP contribution in [-0.4, -0.2) is 82.3 Å². The van der Waals surface area contributed by atoms with Crippen molar-refractivity contribution < 1.29 is 4.74 Å². The Morgan fingerprint density at radius 1 is 1.07 bits per heavy atom. The highest BCUT2D eigenvalue weighted by atomic mass is 16.5. The molecule has 1 heterocycles. The van der Waals surface area contributed by atoms with Crippen LogP contribution in [-0.2, 0) is 6.42 Å². The van der Waals surface area contributed by atoms with Gasteiger partial charge in [-0.25, -0.2) is 0 Å². The van der Waals surface area contributed by atoms with Crippen LogP contribution in [0.15, 0.2) is 23.2 Å². The van der Waals surface area contributed by atoms with Crippen LogP contribution in [0.2, 0.25) is 0 Å². The molecule has 1 saturated heterocycles. The van der Waals surface area contributed by atoms with Gasteiger partial charge in [0.25, 0.3) is 0 Å². The van der Waals surface area contributed by atoms with Gasteiger partial charge in [0.1, 0.15) is 5.75 Å². The van der Waals surface area contributed by atoms with Crippen molar-refractivity contribution in [2.24, 2.45) is 4.99 Å². The quantitative estimate of drug-likeness (QED) is 0.365. The largest absolute Gasteiger partial charge is 0.496 e. The summed E-state index contributed by atoms with van der Waals surface area (Å²) in [6.45, 7) is 13.4. The van der Waals surface area contributed by atoms with Crippen molar-refractivity contribution in [3.63, 3.8) is 0 Å². The first-order valence-electron chi connectivity index (χ1n) is 10.7. The summed E-state index contributed by atoms with van der Waals surface area (Å²) in [5.74, 6) is 1.84. The molecule has 0 amide bonds. The fourth-order valence-corrected chi connectivity index (χ4v) is 3.56. The molecular weight excluding hydrogens is 350 g/mol. The molecule has 1 aromatic carbocycles. The molecule has 0 spiro atoms. The third kappa shape index (κ3) is 7.68. The lowest BCUT2D eigenvalue weighted by Crippen LogP contribution is -2.46. The van der Waals surface area contributed by atoms with Gasteiger partial charge < -0.3 is 25.2 Å². The van der Waals surface area contributed by atoms with Gasteiger partial charge in [-0.1, -0.05) is 19.1 Å². The molecule has 158 valence electrons. The highest BCUT2D eigenvalue weighted by Gasteiger charge is 2.14. The van der Waals surface area contributed by atoms with Gasteiger partial charge in [0.2, 0.25) is 0 Å². The molecule has 0 aromatic heterocycles. The normalized spacial score (nSPS) is 16.2. The number of nitrogens with zero attached hydrogens (tertiary/aromatic N) is 3. The minimum Gasteiger partial charge on any atom is -0.496 e. The Bertz CT molecular complexity index is 597. The van der Waals surface area contributed by atoms with Crippen LogP contribution in [0.4, 0.5) is 0 Å². The first kappa shape index (κ1) is 22.5. The number of methoxy groups -OCH3 is 1. The van der Waals surface area contributed by atoms with E-state index >= 15 is 0 Å². The maximum atomic E-state index is 5.40. The maximum absolute atomic E-state index is 5.40. The van der Waals surface area contributed by atoms with Crippen LogP contribution in [0.5, 0.6) is 5.75 Å². The fraction of sp³-hybridized carbons (Fsp3) is 0.682. The number of aryl methyl sites for hydroxylation is 1. The number of piperazine rings is 1. The molecule has 2 N–H and O–H groups in total. The van der Waals surface area contributed by atoms with Crippen LogP contribution in [0, 0.1) is 6.92 Å². The minimum atomic E-state index is 0.855. The summed E-state index contributed by atoms with van der Waals surface area (Å²) < 4.78 is 5.40. The number of benzene rings is 1. The molecule has 6 heteroatoms. The fourth-order valence-electron chi connectivity index (χ4n) is 3.56. The Morgan fingerprint density at radius 3 is 2.46 bits per heavy atom. The summed E-state index contributed by atoms with van der Waals surface area (Å²) in [5.41, 5.74) is 2.44. The Kier molecular flexibility index (Phi) is 10.1. The molecule has 1 aliphatic rings. The molecule has 0 unspecified atom stereocenters. The van der Waals surface area contributed by atoms with Crippen molar-refractivity contribution in [1.82, 2.24) is 20.4 Å². The Hall–Kier alpha value is -1.79. The topological polar surface area (TPSA) is 52.1 Å². The zero-order valence-electron chi connectivity index (χ0n) is 18.3. The van der Waals surface area contributed by atoms with Crippen LogP contribution < -0.4 is 15.4 Å². The first-order chi connectivity index (χ1) is 13.7. The number of unbranched alkanes of at least 4 members (excludes halogenated alkanes) is 1. The molecular formula is C22H39N5O. The molecule has 1 aromatic rings. The maximum Gasteiger partial charge on any atom is 0.190 e. The lowest BCUT2D eigenvalue weighted by molar-refractivity contribution is 0.136. The highest BCUT2D eigenvalue weighted by molar-refractivity contribution is 5.79. The summed E-state index contributed by atoms with van der Waals surface area (Å²) >= 11 is 0. The lowest BCUT2D eigenvalue weighted by Gasteiger charge is -2.34. The van der Waals surface area contributed by atoms with E-state index in [-0.39, 0.29) is 0 Å². The molecule has 6 nitrogen and oxygen atoms in total. The second-order valence-electron chi connectivity index (χ2n) is 7.46. The van der Waals surface area contributed by atoms with E-state index in [1.165, 1.54) is 63.2 Å². The van der Waals surface area contributed by atoms with Crippen molar-refractivity contribution in [3.05, 3.63) is 29.3 Å². The van der Waals surface area contributed by atoms with Gasteiger partial charge in [0, 0.05) is 46.3 Å². The van der Waals surface area contributed by atoms with Gasteiger partial charge in [-0.2, -0.15) is 0 Å². The van der Waals surface area contributed by atoms with Gasteiger partial charge in [-0.05, 0) is 56.5 Å². The molecule has 0 bridgehead atoms. The summed E-state index contributed by atoms with van der Waals surface area (Å²) in [6.07, 6.45) is 3.35. The second kappa shape index (κ2) is 12.6. The van der Waals surface area contributed by atoms with Gasteiger partial charge >= 0.3 is 0 Å². The third-order valence-electron chi connectivity index (χ3n) is 5.51. The Labute approximate surface area is 171 Å². The zero-order chi connectivity index (χ0) is 20.2. The van der Waals surface area contributed by atoms with Crippen molar-refractivity contribution >= 4 is 5.96 Å². The van der Waals surface area contributed by atoms with Crippen molar-refractivity contribution in [2.75, 3.05) is 66.5 Å². The van der Waals surface area contributed by atoms with Crippen LogP contribution in [0.1, 0.15) is 30.9 Å². The SMILES string of the molecule is CCN1CCN(CCCCNC(=NC)NCCc2ccc(C)c(OC)c2)CC1. The zero-order valence-corrected chi connectivity index (χ0v) is 18.3. The summed E-state index contributed by atoms with van der Waals surface area (Å²) in [5, 5.41) is 6.83. The molecule has 2 rings (SSSR count). The Morgan fingerprint density at radius 2 is 1.79 bits per heavy atom. The average molecular weight is 390 g/mol. The monoisotopic (exact) mass is 389 g/mol. The van der Waals surface area contributed by atoms with Gasteiger partial charge in [0.05, 0.1) is 7.11 Å². The molecule has 0 aliphatic carbocycles. The summed E-state index contributed by atoms with van der Waals surface area (Å²) in [6, 6.07) is 6.40. The van der Waals surface area contributed by atoms with E-state index in [1.807, 2.05) is 7.05 Å². The Balaban J connectivity index is 1.56. The number of hydrogen-bond acceptors (Lipinski definition) is 4. The smallest absolute Gasteiger partial charge is 0.190 e. The number of nitrogens with one attached hydrogen (secondary N) is 2. The van der Waals surface area contributed by atoms with E-state index in [0.29, 0.717) is 0 Å². The molecule has 1 aliphatic heterocycles. The standard InChI is InChI=1S/C22H39N5O/c1-5-26-14-16-27(17-15-26)13-7-6-11-24-22(23-3)25-12-10-20-9-8-19(2)21(18-20)28-4/h8-9,18H,5-7,10-17H2,1-4H3,(H2,23,24,25). The lowest BCUT2D eigenvalue weighted by atomic mass is 10.1. The number of likely N-dealkylation sites (N-methyl/N-ethyl adjacent to an activating group) is 1. The first-order valence-corrected chi connectivity index (χ1v) is 10.7. The van der Waals surface area contributed by atoms with Crippen LogP contribution >= 0.6 is 0 Å². The van der Waals surface area contributed by atoms with E-state index in [1.54, 1.807) is 7.11 Å². The van der Waals surface area contributed by atoms with Crippen molar-refractivity contribution in [3.8, 4) is 5.75 Å². The molecule has 0 saturated carbocycles. The van der Waals surface area contributed by atoms with Crippen LogP contribution in [0.3, 0.4) is 0 Å². The van der Waals surface area contributed by atoms with Gasteiger partial charge in [0.15, 0.2) is 5.96 Å². The van der Waals surface area contributed by atoms with Gasteiger partial charge in [-0.15, -0.1) is 0 Å². The number of guanidine groups is 1. The molecule has 0 radical (unpaired) electrons. The van der Waals surface area contributed by atoms with E-state index < -0.39 is 0 Å². The van der Waals surface area contributed by atoms with Crippen molar-refractivity contribution in [2.45, 2.75) is 33.1 Å². The summed E-state index contributed by atoms with van der Waals surface area (Å²) in [7, 11) is 3.55. The van der Waals surface area contributed by atoms with E-state index in [9.17, 15) is 0 Å². The number of aliphatic imine (C=N–C) groups is 1. The minimum absolute atomic E-state index is 0.855. The molecule has 1 fully saturated rings. The number of ether oxygens (including phenoxy) is 1. The second-order valence-corrected chi connectivity index (χ2v) is 7.46. The molecule has 28 heavy (non-hydrogen) atoms. The molecule has 0 atom stereocenters. The van der Waals surface area contributed by atoms with E-state index in [2.05, 4.69) is 57.5 Å². The number of hydrogen-bond donors (Lipinski definition) is 2. The van der Waals surface area contributed by atoms with Gasteiger partial charge in [-0.3, -0.25) is 4.99 Å². The van der Waals surface area contributed by atoms with Crippen LogP contribution in [0.25, 0.3) is 0 Å². The van der Waals surface area contributed by atoms with E-state index in [4.69, 9.17) is 4.74 Å². The summed E-state index contributed by atoms with van der Waals surface area (Å²) in [4.78, 5) is 9.45. The highest BCUT2D eigenvalue weighted by Crippen LogP contribution is 2.18. The van der Waals surface area contributed by atoms with Crippen molar-refractivity contribution in [1.29, 1.82) is 0 Å². The average Bonchev–Trinajstić information content (AvgIpc) is 2.73. The predicted octanol–water partition coefficient (Wildman–Crippen LogP) is 2.13.